The monoisotopic (exact) mass is 1330 g/mol. The molecule has 0 radical (unpaired) electrons. The third-order valence-electron chi connectivity index (χ3n) is 17.7. The highest BCUT2D eigenvalue weighted by Gasteiger charge is 2.30. The number of carbonyl (C=O) groups excluding carboxylic acids is 2. The molecule has 96 heavy (non-hydrogen) atoms. The van der Waals surface area contributed by atoms with Crippen LogP contribution in [0, 0.1) is 17.8 Å². The zero-order valence-corrected chi connectivity index (χ0v) is 61.3. The van der Waals surface area contributed by atoms with E-state index >= 15 is 0 Å². The molecule has 0 bridgehead atoms. The lowest BCUT2D eigenvalue weighted by molar-refractivity contribution is -0.0339. The summed E-state index contributed by atoms with van der Waals surface area (Å²) in [6.45, 7) is 23.3. The summed E-state index contributed by atoms with van der Waals surface area (Å²) in [4.78, 5) is 23.7. The maximum absolute atomic E-state index is 11.9. The fourth-order valence-corrected chi connectivity index (χ4v) is 12.2. The van der Waals surface area contributed by atoms with E-state index in [4.69, 9.17) is 28.4 Å². The molecular formula is C84H130O12. The topological polar surface area (TPSA) is 170 Å². The summed E-state index contributed by atoms with van der Waals surface area (Å²) in [5.74, 6) is 6.51. The van der Waals surface area contributed by atoms with Crippen molar-refractivity contribution in [2.24, 2.45) is 17.8 Å². The molecule has 5 aromatic rings. The minimum absolute atomic E-state index is 0.205. The van der Waals surface area contributed by atoms with Gasteiger partial charge in [0.25, 0.3) is 0 Å². The van der Waals surface area contributed by atoms with Crippen LogP contribution in [0.4, 0.5) is 0 Å². The molecule has 0 amide bonds. The minimum Gasteiger partial charge on any atom is -0.494 e. The van der Waals surface area contributed by atoms with Gasteiger partial charge in [0.15, 0.2) is 11.6 Å². The van der Waals surface area contributed by atoms with E-state index in [1.165, 1.54) is 83.5 Å². The number of rotatable bonds is 41. The summed E-state index contributed by atoms with van der Waals surface area (Å²) in [5.41, 5.74) is 3.67. The summed E-state index contributed by atoms with van der Waals surface area (Å²) in [6, 6.07) is 38.4. The van der Waals surface area contributed by atoms with Crippen molar-refractivity contribution in [3.05, 3.63) is 149 Å². The quantitative estimate of drug-likeness (QED) is 0.0216. The summed E-state index contributed by atoms with van der Waals surface area (Å²) in [7, 11) is 1.71. The number of ketones is 2. The molecule has 12 heteroatoms. The number of aliphatic hydroxyl groups excluding tert-OH is 3. The summed E-state index contributed by atoms with van der Waals surface area (Å²) in [6.07, 6.45) is 29.0. The van der Waals surface area contributed by atoms with Gasteiger partial charge in [-0.3, -0.25) is 9.59 Å². The first-order chi connectivity index (χ1) is 46.6. The van der Waals surface area contributed by atoms with Crippen molar-refractivity contribution in [2.45, 2.75) is 272 Å². The van der Waals surface area contributed by atoms with Gasteiger partial charge in [-0.2, -0.15) is 0 Å². The Kier molecular flexibility index (Phi) is 46.0. The molecule has 3 atom stereocenters. The van der Waals surface area contributed by atoms with Crippen molar-refractivity contribution in [1.82, 2.24) is 0 Å². The van der Waals surface area contributed by atoms with E-state index in [-0.39, 0.29) is 23.8 Å². The van der Waals surface area contributed by atoms with E-state index in [1.54, 1.807) is 7.11 Å². The Morgan fingerprint density at radius 3 is 1.19 bits per heavy atom. The van der Waals surface area contributed by atoms with Crippen LogP contribution < -0.4 is 23.7 Å². The Bertz CT molecular complexity index is 2740. The standard InChI is InChI=1S/C18H30O2.C18H28O2.C17H26O3.C16H22O2.C15H24O3/c2*1-4-8-15(9-5-2)14-20-17-12-7-11-16(13-17)18(19)10-6-3;1-2-7-16(18)14-8-6-9-15(12-14)20-13-17(19)10-4-3-5-11-17;1-2-6-16(17)14-9-5-10-15(11-14)18-12-13-7-3-4-8-13;1-3-7-15(16)13-8-6-9-14(12-13)18-11-5-4-10-17-2/h7,11-13,15,18-19H,4-6,8-10,14H2,1-3H3;7,11-13,15H,4-6,8-10,14H2,1-3H3;6,8-9,12,16,18-19H,2-5,7,10-11,13H2,1H3;5,9-11,13H,2-4,6-8,12H2,1H3;6,8-9,12,15-16H,3-5,7,10-11H2,1-2H3. The lowest BCUT2D eigenvalue weighted by Gasteiger charge is -2.31. The molecule has 0 aromatic heterocycles. The van der Waals surface area contributed by atoms with Crippen molar-refractivity contribution in [2.75, 3.05) is 46.8 Å². The molecule has 2 aliphatic carbocycles. The lowest BCUT2D eigenvalue weighted by atomic mass is 9.85. The Hall–Kier alpha value is -5.76. The van der Waals surface area contributed by atoms with E-state index in [1.807, 2.05) is 135 Å². The van der Waals surface area contributed by atoms with E-state index in [0.717, 1.165) is 173 Å². The number of Topliss-reactive ketones (excluding diaryl/α,β-unsaturated/α-hetero) is 2. The van der Waals surface area contributed by atoms with Crippen molar-refractivity contribution in [1.29, 1.82) is 0 Å². The first-order valence-electron chi connectivity index (χ1n) is 37.6. The van der Waals surface area contributed by atoms with Crippen LogP contribution in [0.1, 0.15) is 304 Å². The highest BCUT2D eigenvalue weighted by molar-refractivity contribution is 5.96. The Morgan fingerprint density at radius 1 is 0.427 bits per heavy atom. The first kappa shape index (κ1) is 84.5. The van der Waals surface area contributed by atoms with Crippen LogP contribution in [-0.2, 0) is 4.74 Å². The van der Waals surface area contributed by atoms with Gasteiger partial charge in [0.05, 0.1) is 50.3 Å². The number of unbranched alkanes of at least 4 members (excludes halogenated alkanes) is 1. The van der Waals surface area contributed by atoms with Gasteiger partial charge in [0, 0.05) is 37.7 Å². The molecular weight excluding hydrogens is 1200 g/mol. The fraction of sp³-hybridized carbons (Fsp3) is 0.619. The van der Waals surface area contributed by atoms with E-state index in [9.17, 15) is 30.0 Å². The number of hydrogen-bond acceptors (Lipinski definition) is 12. The van der Waals surface area contributed by atoms with E-state index < -0.39 is 11.7 Å². The largest absolute Gasteiger partial charge is 0.494 e. The maximum atomic E-state index is 11.9. The van der Waals surface area contributed by atoms with Crippen molar-refractivity contribution < 1.29 is 58.4 Å². The summed E-state index contributed by atoms with van der Waals surface area (Å²) in [5, 5.41) is 40.4. The van der Waals surface area contributed by atoms with Crippen LogP contribution >= 0.6 is 0 Å². The third-order valence-corrected chi connectivity index (χ3v) is 17.7. The minimum atomic E-state index is -0.670. The number of aliphatic hydroxyl groups is 4. The SMILES string of the molecule is CCCC(=O)c1cccc(OCC(CCC)CCC)c1.CCCC(=O)c1cccc(OCC2CCCC2)c1.CCCC(CCC)COc1cccc(C(O)CCC)c1.CCCC(O)c1cccc(OCC2(O)CCCCC2)c1.CCCC(O)c1cccc(OCCCCOC)c1. The molecule has 2 fully saturated rings. The molecule has 3 unspecified atom stereocenters. The van der Waals surface area contributed by atoms with Gasteiger partial charge in [-0.1, -0.05) is 200 Å². The van der Waals surface area contributed by atoms with Crippen LogP contribution in [0.5, 0.6) is 28.7 Å². The molecule has 0 aliphatic heterocycles. The molecule has 0 saturated heterocycles. The highest BCUT2D eigenvalue weighted by atomic mass is 16.5. The highest BCUT2D eigenvalue weighted by Crippen LogP contribution is 2.32. The summed E-state index contributed by atoms with van der Waals surface area (Å²) < 4.78 is 34.0. The van der Waals surface area contributed by atoms with Crippen LogP contribution in [-0.4, -0.2) is 84.3 Å². The number of benzene rings is 5. The zero-order valence-electron chi connectivity index (χ0n) is 61.3. The van der Waals surface area contributed by atoms with Crippen molar-refractivity contribution in [3.63, 3.8) is 0 Å². The molecule has 2 saturated carbocycles. The molecule has 4 N–H and O–H groups in total. The van der Waals surface area contributed by atoms with Crippen LogP contribution in [0.2, 0.25) is 0 Å². The molecule has 0 spiro atoms. The van der Waals surface area contributed by atoms with Gasteiger partial charge in [-0.15, -0.1) is 0 Å². The predicted molar refractivity (Wildman–Crippen MR) is 395 cm³/mol. The molecule has 12 nitrogen and oxygen atoms in total. The molecule has 2 aliphatic rings. The molecule has 538 valence electrons. The smallest absolute Gasteiger partial charge is 0.162 e. The second-order valence-corrected chi connectivity index (χ2v) is 26.6. The van der Waals surface area contributed by atoms with Gasteiger partial charge >= 0.3 is 0 Å². The van der Waals surface area contributed by atoms with E-state index in [2.05, 4.69) is 48.5 Å². The van der Waals surface area contributed by atoms with Gasteiger partial charge in [0.1, 0.15) is 35.4 Å². The normalized spacial score (nSPS) is 14.2. The predicted octanol–water partition coefficient (Wildman–Crippen LogP) is 21.5. The summed E-state index contributed by atoms with van der Waals surface area (Å²) >= 11 is 0. The molecule has 0 heterocycles. The Balaban J connectivity index is 0.000000313. The van der Waals surface area contributed by atoms with E-state index in [0.29, 0.717) is 43.8 Å². The lowest BCUT2D eigenvalue weighted by Crippen LogP contribution is -2.37. The number of carbonyl (C=O) groups is 2. The van der Waals surface area contributed by atoms with Crippen molar-refractivity contribution in [3.8, 4) is 28.7 Å². The second-order valence-electron chi connectivity index (χ2n) is 26.6. The average Bonchev–Trinajstić information content (AvgIpc) is 1.21. The van der Waals surface area contributed by atoms with Crippen LogP contribution in [0.25, 0.3) is 0 Å². The van der Waals surface area contributed by atoms with Gasteiger partial charge in [0.2, 0.25) is 0 Å². The number of methoxy groups -OCH3 is 1. The molecule has 5 aromatic carbocycles. The second kappa shape index (κ2) is 52.3. The first-order valence-corrected chi connectivity index (χ1v) is 37.6. The van der Waals surface area contributed by atoms with Gasteiger partial charge in [-0.25, -0.2) is 0 Å². The Labute approximate surface area is 582 Å². The maximum Gasteiger partial charge on any atom is 0.162 e. The Morgan fingerprint density at radius 2 is 0.792 bits per heavy atom. The molecule has 7 rings (SSSR count). The fourth-order valence-electron chi connectivity index (χ4n) is 12.2. The van der Waals surface area contributed by atoms with Crippen LogP contribution in [0.3, 0.4) is 0 Å². The third kappa shape index (κ3) is 36.2. The van der Waals surface area contributed by atoms with Gasteiger partial charge in [-0.05, 0) is 191 Å². The van der Waals surface area contributed by atoms with Gasteiger partial charge < -0.3 is 48.8 Å². The number of hydrogen-bond donors (Lipinski definition) is 4. The van der Waals surface area contributed by atoms with Crippen LogP contribution in [0.15, 0.2) is 121 Å². The van der Waals surface area contributed by atoms with Crippen molar-refractivity contribution >= 4 is 11.6 Å². The number of ether oxygens (including phenoxy) is 6. The zero-order chi connectivity index (χ0) is 70.0. The average molecular weight is 1330 g/mol.